The molecule has 2 saturated carbocycles. The van der Waals surface area contributed by atoms with E-state index >= 15 is 0 Å². The van der Waals surface area contributed by atoms with Crippen LogP contribution in [0.1, 0.15) is 58.8 Å². The van der Waals surface area contributed by atoms with E-state index in [2.05, 4.69) is 13.8 Å². The first-order chi connectivity index (χ1) is 5.99. The summed E-state index contributed by atoms with van der Waals surface area (Å²) in [7, 11) is 0. The molecule has 1 heteroatoms. The minimum atomic E-state index is -0.279. The third-order valence-electron chi connectivity index (χ3n) is 3.76. The second-order valence-electron chi connectivity index (χ2n) is 6.10. The van der Waals surface area contributed by atoms with Crippen molar-refractivity contribution < 1.29 is 5.11 Å². The molecule has 2 aliphatic rings. The molecule has 2 rings (SSSR count). The topological polar surface area (TPSA) is 20.2 Å². The van der Waals surface area contributed by atoms with E-state index in [1.54, 1.807) is 0 Å². The fourth-order valence-electron chi connectivity index (χ4n) is 3.63. The van der Waals surface area contributed by atoms with Crippen LogP contribution in [0.4, 0.5) is 0 Å². The van der Waals surface area contributed by atoms with Gasteiger partial charge in [0.15, 0.2) is 0 Å². The van der Waals surface area contributed by atoms with Gasteiger partial charge < -0.3 is 5.11 Å². The number of aliphatic hydroxyl groups is 1. The minimum absolute atomic E-state index is 0.279. The Morgan fingerprint density at radius 2 is 1.69 bits per heavy atom. The van der Waals surface area contributed by atoms with Gasteiger partial charge in [-0.05, 0) is 30.6 Å². The van der Waals surface area contributed by atoms with Gasteiger partial charge in [-0.15, -0.1) is 0 Å². The second-order valence-corrected chi connectivity index (χ2v) is 6.10. The smallest absolute Gasteiger partial charge is 0.0660 e. The van der Waals surface area contributed by atoms with Gasteiger partial charge in [0.2, 0.25) is 0 Å². The molecule has 2 fully saturated rings. The van der Waals surface area contributed by atoms with Gasteiger partial charge in [0.25, 0.3) is 0 Å². The van der Waals surface area contributed by atoms with Crippen LogP contribution in [0.15, 0.2) is 0 Å². The number of rotatable bonds is 2. The molecule has 0 aromatic rings. The summed E-state index contributed by atoms with van der Waals surface area (Å²) < 4.78 is 0. The Morgan fingerprint density at radius 1 is 1.15 bits per heavy atom. The summed E-state index contributed by atoms with van der Waals surface area (Å²) in [5, 5.41) is 10.2. The van der Waals surface area contributed by atoms with Crippen LogP contribution in [0.3, 0.4) is 0 Å². The summed E-state index contributed by atoms with van der Waals surface area (Å²) in [6.45, 7) is 4.52. The van der Waals surface area contributed by atoms with E-state index in [0.717, 1.165) is 25.2 Å². The molecule has 0 unspecified atom stereocenters. The van der Waals surface area contributed by atoms with Gasteiger partial charge in [-0.3, -0.25) is 0 Å². The maximum absolute atomic E-state index is 10.2. The van der Waals surface area contributed by atoms with Crippen LogP contribution in [-0.4, -0.2) is 10.7 Å². The van der Waals surface area contributed by atoms with E-state index in [-0.39, 0.29) is 5.60 Å². The molecule has 0 heterocycles. The predicted molar refractivity (Wildman–Crippen MR) is 54.5 cm³/mol. The largest absolute Gasteiger partial charge is 0.390 e. The van der Waals surface area contributed by atoms with Crippen molar-refractivity contribution >= 4 is 0 Å². The first-order valence-electron chi connectivity index (χ1n) is 5.72. The highest BCUT2D eigenvalue weighted by atomic mass is 16.3. The monoisotopic (exact) mass is 182 g/mol. The summed E-state index contributed by atoms with van der Waals surface area (Å²) in [4.78, 5) is 0. The molecule has 0 aliphatic heterocycles. The van der Waals surface area contributed by atoms with Crippen molar-refractivity contribution in [3.05, 3.63) is 0 Å². The normalized spacial score (nSPS) is 31.6. The molecule has 76 valence electrons. The SMILES string of the molecule is CC1(C)CC(O)(CC2CCCC2)C1. The van der Waals surface area contributed by atoms with E-state index in [0.29, 0.717) is 5.41 Å². The van der Waals surface area contributed by atoms with Crippen molar-refractivity contribution in [3.63, 3.8) is 0 Å². The number of hydrogen-bond acceptors (Lipinski definition) is 1. The summed E-state index contributed by atoms with van der Waals surface area (Å²) in [5.41, 5.74) is 0.131. The zero-order valence-electron chi connectivity index (χ0n) is 8.97. The molecule has 2 aliphatic carbocycles. The first kappa shape index (κ1) is 9.51. The van der Waals surface area contributed by atoms with Crippen molar-refractivity contribution in [3.8, 4) is 0 Å². The fraction of sp³-hybridized carbons (Fsp3) is 1.00. The van der Waals surface area contributed by atoms with E-state index in [1.165, 1.54) is 25.7 Å². The van der Waals surface area contributed by atoms with E-state index < -0.39 is 0 Å². The van der Waals surface area contributed by atoms with Crippen LogP contribution in [0, 0.1) is 11.3 Å². The summed E-state index contributed by atoms with van der Waals surface area (Å²) in [6.07, 6.45) is 8.64. The van der Waals surface area contributed by atoms with Crippen LogP contribution in [0.25, 0.3) is 0 Å². The molecule has 0 atom stereocenters. The highest BCUT2D eigenvalue weighted by molar-refractivity contribution is 5.00. The standard InChI is InChI=1S/C12H22O/c1-11(2)8-12(13,9-11)7-10-5-3-4-6-10/h10,13H,3-9H2,1-2H3. The number of hydrogen-bond donors (Lipinski definition) is 1. The molecule has 13 heavy (non-hydrogen) atoms. The van der Waals surface area contributed by atoms with Crippen molar-refractivity contribution in [1.29, 1.82) is 0 Å². The predicted octanol–water partition coefficient (Wildman–Crippen LogP) is 3.12. The van der Waals surface area contributed by atoms with E-state index in [9.17, 15) is 5.11 Å². The zero-order chi connectivity index (χ0) is 9.53. The maximum atomic E-state index is 10.2. The van der Waals surface area contributed by atoms with E-state index in [4.69, 9.17) is 0 Å². The minimum Gasteiger partial charge on any atom is -0.390 e. The molecular weight excluding hydrogens is 160 g/mol. The lowest BCUT2D eigenvalue weighted by atomic mass is 9.59. The lowest BCUT2D eigenvalue weighted by molar-refractivity contribution is -0.125. The Kier molecular flexibility index (Phi) is 2.18. The molecule has 0 aromatic carbocycles. The van der Waals surface area contributed by atoms with Crippen molar-refractivity contribution in [2.24, 2.45) is 11.3 Å². The molecule has 1 N–H and O–H groups in total. The second kappa shape index (κ2) is 2.98. The zero-order valence-corrected chi connectivity index (χ0v) is 8.97. The van der Waals surface area contributed by atoms with Crippen LogP contribution in [0.5, 0.6) is 0 Å². The van der Waals surface area contributed by atoms with Crippen LogP contribution >= 0.6 is 0 Å². The van der Waals surface area contributed by atoms with Crippen LogP contribution in [-0.2, 0) is 0 Å². The lowest BCUT2D eigenvalue weighted by Crippen LogP contribution is -2.49. The molecule has 0 bridgehead atoms. The Labute approximate surface area is 81.5 Å². The quantitative estimate of drug-likeness (QED) is 0.695. The average Bonchev–Trinajstić information content (AvgIpc) is 2.33. The maximum Gasteiger partial charge on any atom is 0.0660 e. The van der Waals surface area contributed by atoms with Gasteiger partial charge in [-0.2, -0.15) is 0 Å². The Bertz CT molecular complexity index is 181. The molecule has 0 spiro atoms. The van der Waals surface area contributed by atoms with Gasteiger partial charge >= 0.3 is 0 Å². The summed E-state index contributed by atoms with van der Waals surface area (Å²) >= 11 is 0. The molecule has 0 amide bonds. The van der Waals surface area contributed by atoms with Gasteiger partial charge in [0, 0.05) is 0 Å². The van der Waals surface area contributed by atoms with Crippen molar-refractivity contribution in [2.45, 2.75) is 64.4 Å². The molecule has 0 radical (unpaired) electrons. The highest BCUT2D eigenvalue weighted by Gasteiger charge is 2.48. The average molecular weight is 182 g/mol. The highest BCUT2D eigenvalue weighted by Crippen LogP contribution is 2.51. The summed E-state index contributed by atoms with van der Waals surface area (Å²) in [6, 6.07) is 0. The molecular formula is C12H22O. The van der Waals surface area contributed by atoms with Gasteiger partial charge in [0.1, 0.15) is 0 Å². The Morgan fingerprint density at radius 3 is 2.15 bits per heavy atom. The van der Waals surface area contributed by atoms with Crippen molar-refractivity contribution in [2.75, 3.05) is 0 Å². The molecule has 1 nitrogen and oxygen atoms in total. The van der Waals surface area contributed by atoms with E-state index in [1.807, 2.05) is 0 Å². The summed E-state index contributed by atoms with van der Waals surface area (Å²) in [5.74, 6) is 0.834. The van der Waals surface area contributed by atoms with Gasteiger partial charge in [-0.1, -0.05) is 39.5 Å². The molecule has 0 saturated heterocycles. The van der Waals surface area contributed by atoms with Crippen LogP contribution < -0.4 is 0 Å². The lowest BCUT2D eigenvalue weighted by Gasteiger charge is -2.51. The van der Waals surface area contributed by atoms with Crippen LogP contribution in [0.2, 0.25) is 0 Å². The Hall–Kier alpha value is -0.0400. The Balaban J connectivity index is 1.82. The first-order valence-corrected chi connectivity index (χ1v) is 5.72. The van der Waals surface area contributed by atoms with Gasteiger partial charge in [0.05, 0.1) is 5.60 Å². The fourth-order valence-corrected chi connectivity index (χ4v) is 3.63. The van der Waals surface area contributed by atoms with Crippen molar-refractivity contribution in [1.82, 2.24) is 0 Å². The van der Waals surface area contributed by atoms with Gasteiger partial charge in [-0.25, -0.2) is 0 Å². The third-order valence-corrected chi connectivity index (χ3v) is 3.76. The molecule has 0 aromatic heterocycles. The third kappa shape index (κ3) is 2.07.